The van der Waals surface area contributed by atoms with Gasteiger partial charge in [0, 0.05) is 50.7 Å². The number of methoxy groups -OCH3 is 1. The van der Waals surface area contributed by atoms with E-state index in [1.165, 1.54) is 77.7 Å². The van der Waals surface area contributed by atoms with Crippen molar-refractivity contribution in [1.29, 1.82) is 0 Å². The number of carbonyl (C=O) groups excluding carboxylic acids is 1. The largest absolute Gasteiger partial charge is 0.495 e. The number of piperazine rings is 1. The molecule has 1 aliphatic heterocycles. The van der Waals surface area contributed by atoms with Crippen LogP contribution in [0.15, 0.2) is 18.2 Å². The van der Waals surface area contributed by atoms with E-state index in [9.17, 15) is 4.79 Å². The quantitative estimate of drug-likeness (QED) is 0.485. The van der Waals surface area contributed by atoms with Crippen LogP contribution in [0.5, 0.6) is 5.75 Å². The number of ether oxygens (including phenoxy) is 1. The molecule has 0 amide bonds. The van der Waals surface area contributed by atoms with Gasteiger partial charge in [-0.2, -0.15) is 0 Å². The molecular weight excluding hydrogens is 374 g/mol. The number of benzene rings is 1. The fraction of sp³-hybridized carbons (Fsp3) is 0.720. The van der Waals surface area contributed by atoms with Crippen LogP contribution in [0.3, 0.4) is 0 Å². The van der Waals surface area contributed by atoms with Gasteiger partial charge in [0.1, 0.15) is 5.75 Å². The van der Waals surface area contributed by atoms with E-state index in [1.807, 2.05) is 6.07 Å². The van der Waals surface area contributed by atoms with Gasteiger partial charge >= 0.3 is 0 Å². The van der Waals surface area contributed by atoms with Crippen LogP contribution in [0.1, 0.15) is 68.1 Å². The van der Waals surface area contributed by atoms with Crippen LogP contribution in [-0.2, 0) is 0 Å². The Morgan fingerprint density at radius 3 is 2.40 bits per heavy atom. The lowest BCUT2D eigenvalue weighted by molar-refractivity contribution is 0.0674. The summed E-state index contributed by atoms with van der Waals surface area (Å²) in [7, 11) is 1.59. The molecule has 5 nitrogen and oxygen atoms in total. The Morgan fingerprint density at radius 1 is 1.03 bits per heavy atom. The average molecular weight is 414 g/mol. The van der Waals surface area contributed by atoms with Crippen LogP contribution in [0.4, 0.5) is 5.69 Å². The smallest absolute Gasteiger partial charge is 0.163 e. The van der Waals surface area contributed by atoms with E-state index in [2.05, 4.69) is 9.80 Å². The molecule has 0 bridgehead atoms. The van der Waals surface area contributed by atoms with Gasteiger partial charge in [-0.3, -0.25) is 9.69 Å². The highest BCUT2D eigenvalue weighted by molar-refractivity contribution is 5.96. The molecule has 0 spiro atoms. The monoisotopic (exact) mass is 413 g/mol. The number of hydrogen-bond donors (Lipinski definition) is 1. The first-order chi connectivity index (χ1) is 14.6. The minimum absolute atomic E-state index is 0.200. The second kappa shape index (κ2) is 10.1. The summed E-state index contributed by atoms with van der Waals surface area (Å²) in [6.07, 6.45) is 11.1. The zero-order chi connectivity index (χ0) is 20.9. The average Bonchev–Trinajstić information content (AvgIpc) is 3.59. The molecule has 4 rings (SSSR count). The maximum absolute atomic E-state index is 12.5. The predicted molar refractivity (Wildman–Crippen MR) is 122 cm³/mol. The van der Waals surface area contributed by atoms with Crippen molar-refractivity contribution in [2.75, 3.05) is 45.6 Å². The highest BCUT2D eigenvalue weighted by Gasteiger charge is 2.30. The number of rotatable bonds is 9. The van der Waals surface area contributed by atoms with Crippen molar-refractivity contribution in [2.45, 2.75) is 63.8 Å². The molecule has 2 N–H and O–H groups in total. The fourth-order valence-corrected chi connectivity index (χ4v) is 5.36. The van der Waals surface area contributed by atoms with Gasteiger partial charge in [-0.05, 0) is 75.0 Å². The Balaban J connectivity index is 1.13. The zero-order valence-electron chi connectivity index (χ0n) is 18.7. The van der Waals surface area contributed by atoms with Crippen molar-refractivity contribution < 1.29 is 9.53 Å². The topological polar surface area (TPSA) is 58.8 Å². The number of nitrogens with two attached hydrogens (primary N) is 1. The number of hydrogen-bond acceptors (Lipinski definition) is 5. The van der Waals surface area contributed by atoms with Crippen molar-refractivity contribution in [3.8, 4) is 5.75 Å². The Bertz CT molecular complexity index is 702. The lowest BCUT2D eigenvalue weighted by Gasteiger charge is -2.42. The SMILES string of the molecule is COc1cc(C(=O)CCCC2CCC(N3CCN(CC4CC4)CC3)CC2)ccc1N. The van der Waals surface area contributed by atoms with Crippen LogP contribution in [-0.4, -0.2) is 61.5 Å². The summed E-state index contributed by atoms with van der Waals surface area (Å²) in [6, 6.07) is 6.15. The summed E-state index contributed by atoms with van der Waals surface area (Å²) in [5.74, 6) is 2.60. The number of Topliss-reactive ketones (excluding diaryl/α,β-unsaturated/α-hetero) is 1. The number of nitrogens with zero attached hydrogens (tertiary/aromatic N) is 2. The van der Waals surface area contributed by atoms with E-state index in [0.29, 0.717) is 23.4 Å². The first-order valence-electron chi connectivity index (χ1n) is 12.1. The normalized spacial score (nSPS) is 25.9. The molecule has 2 aliphatic carbocycles. The first kappa shape index (κ1) is 21.6. The zero-order valence-corrected chi connectivity index (χ0v) is 18.7. The second-order valence-corrected chi connectivity index (χ2v) is 9.73. The molecule has 1 saturated heterocycles. The van der Waals surface area contributed by atoms with Crippen molar-refractivity contribution in [2.24, 2.45) is 11.8 Å². The minimum atomic E-state index is 0.200. The molecule has 5 heteroatoms. The molecule has 0 radical (unpaired) electrons. The molecule has 1 aromatic rings. The summed E-state index contributed by atoms with van der Waals surface area (Å²) in [4.78, 5) is 18.0. The third kappa shape index (κ3) is 5.76. The summed E-state index contributed by atoms with van der Waals surface area (Å²) >= 11 is 0. The van der Waals surface area contributed by atoms with E-state index < -0.39 is 0 Å². The van der Waals surface area contributed by atoms with Crippen molar-refractivity contribution in [3.63, 3.8) is 0 Å². The maximum Gasteiger partial charge on any atom is 0.163 e. The van der Waals surface area contributed by atoms with Gasteiger partial charge in [-0.25, -0.2) is 0 Å². The van der Waals surface area contributed by atoms with Gasteiger partial charge in [0.15, 0.2) is 5.78 Å². The third-order valence-corrected chi connectivity index (χ3v) is 7.52. The molecule has 3 aliphatic rings. The highest BCUT2D eigenvalue weighted by Crippen LogP contribution is 2.33. The Kier molecular flexibility index (Phi) is 7.32. The predicted octanol–water partition coefficient (Wildman–Crippen LogP) is 4.22. The number of anilines is 1. The summed E-state index contributed by atoms with van der Waals surface area (Å²) in [5, 5.41) is 0. The summed E-state index contributed by atoms with van der Waals surface area (Å²) in [5.41, 5.74) is 7.14. The van der Waals surface area contributed by atoms with Crippen molar-refractivity contribution in [1.82, 2.24) is 9.80 Å². The van der Waals surface area contributed by atoms with Crippen LogP contribution in [0.25, 0.3) is 0 Å². The van der Waals surface area contributed by atoms with Crippen LogP contribution in [0, 0.1) is 11.8 Å². The third-order valence-electron chi connectivity index (χ3n) is 7.52. The van der Waals surface area contributed by atoms with E-state index in [4.69, 9.17) is 10.5 Å². The molecule has 0 atom stereocenters. The number of ketones is 1. The molecule has 1 aromatic carbocycles. The van der Waals surface area contributed by atoms with Crippen LogP contribution < -0.4 is 10.5 Å². The number of nitrogen functional groups attached to an aromatic ring is 1. The van der Waals surface area contributed by atoms with Gasteiger partial charge in [0.05, 0.1) is 12.8 Å². The molecule has 2 saturated carbocycles. The minimum Gasteiger partial charge on any atom is -0.495 e. The Hall–Kier alpha value is -1.59. The molecule has 1 heterocycles. The van der Waals surface area contributed by atoms with Crippen molar-refractivity contribution >= 4 is 11.5 Å². The second-order valence-electron chi connectivity index (χ2n) is 9.73. The van der Waals surface area contributed by atoms with Gasteiger partial charge in [-0.1, -0.05) is 6.42 Å². The van der Waals surface area contributed by atoms with E-state index >= 15 is 0 Å². The van der Waals surface area contributed by atoms with Gasteiger partial charge in [-0.15, -0.1) is 0 Å². The fourth-order valence-electron chi connectivity index (χ4n) is 5.36. The highest BCUT2D eigenvalue weighted by atomic mass is 16.5. The van der Waals surface area contributed by atoms with E-state index in [0.717, 1.165) is 24.3 Å². The molecule has 0 unspecified atom stereocenters. The molecule has 166 valence electrons. The molecule has 0 aromatic heterocycles. The van der Waals surface area contributed by atoms with Crippen LogP contribution in [0.2, 0.25) is 0 Å². The van der Waals surface area contributed by atoms with E-state index in [-0.39, 0.29) is 5.78 Å². The van der Waals surface area contributed by atoms with Crippen LogP contribution >= 0.6 is 0 Å². The molecule has 30 heavy (non-hydrogen) atoms. The standard InChI is InChI=1S/C25H39N3O2/c1-30-25-17-21(9-12-23(25)26)24(29)4-2-3-19-7-10-22(11-8-19)28-15-13-27(14-16-28)18-20-5-6-20/h9,12,17,19-20,22H,2-8,10-11,13-16,18,26H2,1H3. The van der Waals surface area contributed by atoms with Crippen molar-refractivity contribution in [3.05, 3.63) is 23.8 Å². The van der Waals surface area contributed by atoms with E-state index in [1.54, 1.807) is 19.2 Å². The summed E-state index contributed by atoms with van der Waals surface area (Å²) < 4.78 is 5.24. The lowest BCUT2D eigenvalue weighted by Crippen LogP contribution is -2.51. The van der Waals surface area contributed by atoms with Gasteiger partial charge < -0.3 is 15.4 Å². The lowest BCUT2D eigenvalue weighted by atomic mass is 9.82. The summed E-state index contributed by atoms with van der Waals surface area (Å²) in [6.45, 7) is 6.43. The first-order valence-corrected chi connectivity index (χ1v) is 12.1. The van der Waals surface area contributed by atoms with Gasteiger partial charge in [0.2, 0.25) is 0 Å². The maximum atomic E-state index is 12.5. The Labute approximate surface area is 181 Å². The molecular formula is C25H39N3O2. The number of carbonyl (C=O) groups is 1. The molecule has 3 fully saturated rings. The van der Waals surface area contributed by atoms with Gasteiger partial charge in [0.25, 0.3) is 0 Å². The Morgan fingerprint density at radius 2 is 1.73 bits per heavy atom.